The van der Waals surface area contributed by atoms with E-state index in [1.165, 1.54) is 5.56 Å². The number of anilines is 1. The van der Waals surface area contributed by atoms with Crippen LogP contribution in [0.5, 0.6) is 11.5 Å². The number of rotatable bonds is 4. The molecule has 0 saturated carbocycles. The number of benzene rings is 2. The minimum atomic E-state index is -0.0714. The lowest BCUT2D eigenvalue weighted by atomic mass is 9.97. The maximum atomic E-state index is 12.5. The van der Waals surface area contributed by atoms with Crippen molar-refractivity contribution >= 4 is 17.4 Å². The Morgan fingerprint density at radius 2 is 1.87 bits per heavy atom. The smallest absolute Gasteiger partial charge is 0.251 e. The van der Waals surface area contributed by atoms with Crippen LogP contribution >= 0.6 is 0 Å². The molecule has 0 atom stereocenters. The van der Waals surface area contributed by atoms with Crippen molar-refractivity contribution in [1.29, 1.82) is 0 Å². The summed E-state index contributed by atoms with van der Waals surface area (Å²) in [5, 5.41) is 3.14. The van der Waals surface area contributed by atoms with E-state index >= 15 is 0 Å². The second kappa shape index (κ2) is 8.65. The number of nitrogen functional groups attached to an aromatic ring is 1. The van der Waals surface area contributed by atoms with E-state index in [0.29, 0.717) is 11.3 Å². The predicted molar refractivity (Wildman–Crippen MR) is 118 cm³/mol. The minimum absolute atomic E-state index is 0.0714. The molecule has 0 bridgehead atoms. The number of aliphatic imine (C=N–C) groups is 1. The zero-order valence-electron chi connectivity index (χ0n) is 17.5. The summed E-state index contributed by atoms with van der Waals surface area (Å²) in [6.07, 6.45) is 2.64. The quantitative estimate of drug-likeness (QED) is 0.759. The molecule has 0 radical (unpaired) electrons. The topological polar surface area (TPSA) is 89.2 Å². The number of carbonyl (C=O) groups excluding carboxylic acids is 1. The van der Waals surface area contributed by atoms with E-state index in [0.717, 1.165) is 61.8 Å². The maximum Gasteiger partial charge on any atom is 0.251 e. The van der Waals surface area contributed by atoms with Crippen molar-refractivity contribution in [2.45, 2.75) is 25.3 Å². The summed E-state index contributed by atoms with van der Waals surface area (Å²) in [6.45, 7) is 2.45. The normalized spacial score (nSPS) is 16.5. The lowest BCUT2D eigenvalue weighted by molar-refractivity contribution is 0.0922. The fraction of sp³-hybridized carbons (Fsp3) is 0.391. The molecule has 158 valence electrons. The number of methoxy groups -OCH3 is 2. The van der Waals surface area contributed by atoms with E-state index in [9.17, 15) is 4.79 Å². The van der Waals surface area contributed by atoms with Crippen molar-refractivity contribution in [3.63, 3.8) is 0 Å². The zero-order chi connectivity index (χ0) is 21.1. The Balaban J connectivity index is 1.42. The average molecular weight is 409 g/mol. The molecular weight excluding hydrogens is 380 g/mol. The first-order valence-electron chi connectivity index (χ1n) is 10.3. The molecule has 3 N–H and O–H groups in total. The molecule has 2 aliphatic heterocycles. The van der Waals surface area contributed by atoms with Gasteiger partial charge in [-0.2, -0.15) is 0 Å². The number of nitrogens with one attached hydrogen (secondary N) is 1. The molecule has 0 aromatic heterocycles. The van der Waals surface area contributed by atoms with Gasteiger partial charge in [-0.25, -0.2) is 0 Å². The molecule has 4 rings (SSSR count). The monoisotopic (exact) mass is 408 g/mol. The second-order valence-corrected chi connectivity index (χ2v) is 7.68. The highest BCUT2D eigenvalue weighted by Crippen LogP contribution is 2.33. The van der Waals surface area contributed by atoms with Crippen LogP contribution in [0.3, 0.4) is 0 Å². The summed E-state index contributed by atoms with van der Waals surface area (Å²) in [5.74, 6) is 2.41. The van der Waals surface area contributed by atoms with Gasteiger partial charge in [-0.05, 0) is 55.2 Å². The average Bonchev–Trinajstić information content (AvgIpc) is 2.78. The van der Waals surface area contributed by atoms with E-state index in [-0.39, 0.29) is 11.9 Å². The van der Waals surface area contributed by atoms with Gasteiger partial charge in [0.1, 0.15) is 5.84 Å². The van der Waals surface area contributed by atoms with E-state index < -0.39 is 0 Å². The number of hydrogen-bond acceptors (Lipinski definition) is 6. The van der Waals surface area contributed by atoms with Crippen molar-refractivity contribution < 1.29 is 14.3 Å². The maximum absolute atomic E-state index is 12.5. The van der Waals surface area contributed by atoms with Crippen LogP contribution in [0.25, 0.3) is 0 Å². The van der Waals surface area contributed by atoms with Gasteiger partial charge in [-0.3, -0.25) is 9.79 Å². The highest BCUT2D eigenvalue weighted by molar-refractivity contribution is 6.01. The Bertz CT molecular complexity index is 965. The Kier molecular flexibility index (Phi) is 5.79. The number of likely N-dealkylation sites (tertiary alicyclic amines) is 1. The van der Waals surface area contributed by atoms with Crippen molar-refractivity contribution in [3.8, 4) is 11.5 Å². The third-order valence-corrected chi connectivity index (χ3v) is 5.77. The van der Waals surface area contributed by atoms with Crippen molar-refractivity contribution in [2.24, 2.45) is 4.99 Å². The van der Waals surface area contributed by atoms with Crippen LogP contribution in [0.1, 0.15) is 34.3 Å². The summed E-state index contributed by atoms with van der Waals surface area (Å²) >= 11 is 0. The SMILES string of the molecule is COc1cc2c(cc1OC)C(N1CCC(NC(=O)c3cccc(N)c3)CC1)=NCC2. The third kappa shape index (κ3) is 4.06. The summed E-state index contributed by atoms with van der Waals surface area (Å²) < 4.78 is 10.9. The molecule has 2 aliphatic rings. The Morgan fingerprint density at radius 1 is 1.13 bits per heavy atom. The predicted octanol–water partition coefficient (Wildman–Crippen LogP) is 2.48. The number of hydrogen-bond donors (Lipinski definition) is 2. The van der Waals surface area contributed by atoms with Gasteiger partial charge in [0.05, 0.1) is 14.2 Å². The lowest BCUT2D eigenvalue weighted by Crippen LogP contribution is -2.47. The van der Waals surface area contributed by atoms with Crippen LogP contribution in [-0.4, -0.2) is 56.5 Å². The van der Waals surface area contributed by atoms with Crippen LogP contribution in [0.4, 0.5) is 5.69 Å². The van der Waals surface area contributed by atoms with Crippen LogP contribution < -0.4 is 20.5 Å². The molecule has 2 aromatic rings. The van der Waals surface area contributed by atoms with Gasteiger partial charge >= 0.3 is 0 Å². The fourth-order valence-electron chi connectivity index (χ4n) is 4.16. The summed E-state index contributed by atoms with van der Waals surface area (Å²) in [5.41, 5.74) is 9.33. The molecule has 2 heterocycles. The summed E-state index contributed by atoms with van der Waals surface area (Å²) in [7, 11) is 3.31. The molecule has 1 saturated heterocycles. The molecule has 0 unspecified atom stereocenters. The number of nitrogens with two attached hydrogens (primary N) is 1. The van der Waals surface area contributed by atoms with Crippen molar-refractivity contribution in [1.82, 2.24) is 10.2 Å². The molecule has 2 aromatic carbocycles. The Morgan fingerprint density at radius 3 is 2.57 bits per heavy atom. The van der Waals surface area contributed by atoms with Crippen LogP contribution in [0.15, 0.2) is 41.4 Å². The van der Waals surface area contributed by atoms with E-state index in [1.54, 1.807) is 38.5 Å². The summed E-state index contributed by atoms with van der Waals surface area (Å²) in [4.78, 5) is 19.6. The molecule has 7 heteroatoms. The molecule has 7 nitrogen and oxygen atoms in total. The number of carbonyl (C=O) groups is 1. The van der Waals surface area contributed by atoms with E-state index in [2.05, 4.69) is 16.3 Å². The number of amides is 1. The van der Waals surface area contributed by atoms with E-state index in [4.69, 9.17) is 20.2 Å². The molecule has 30 heavy (non-hydrogen) atoms. The van der Waals surface area contributed by atoms with Gasteiger partial charge in [-0.1, -0.05) is 6.07 Å². The molecule has 0 aliphatic carbocycles. The number of piperidine rings is 1. The van der Waals surface area contributed by atoms with Gasteiger partial charge < -0.3 is 25.4 Å². The number of amidine groups is 1. The number of ether oxygens (including phenoxy) is 2. The van der Waals surface area contributed by atoms with Crippen molar-refractivity contribution in [3.05, 3.63) is 53.1 Å². The zero-order valence-corrected chi connectivity index (χ0v) is 17.5. The van der Waals surface area contributed by atoms with Gasteiger partial charge in [0.15, 0.2) is 11.5 Å². The molecular formula is C23H28N4O3. The number of fused-ring (bicyclic) bond motifs is 1. The third-order valence-electron chi connectivity index (χ3n) is 5.77. The number of nitrogens with zero attached hydrogens (tertiary/aromatic N) is 2. The first kappa shape index (κ1) is 20.1. The largest absolute Gasteiger partial charge is 0.493 e. The highest BCUT2D eigenvalue weighted by Gasteiger charge is 2.27. The van der Waals surface area contributed by atoms with Crippen LogP contribution in [-0.2, 0) is 6.42 Å². The van der Waals surface area contributed by atoms with Gasteiger partial charge in [0.25, 0.3) is 5.91 Å². The highest BCUT2D eigenvalue weighted by atomic mass is 16.5. The molecule has 0 spiro atoms. The van der Waals surface area contributed by atoms with Crippen LogP contribution in [0.2, 0.25) is 0 Å². The van der Waals surface area contributed by atoms with Crippen LogP contribution in [0, 0.1) is 0 Å². The Hall–Kier alpha value is -3.22. The van der Waals surface area contributed by atoms with Gasteiger partial charge in [0.2, 0.25) is 0 Å². The fourth-order valence-corrected chi connectivity index (χ4v) is 4.16. The summed E-state index contributed by atoms with van der Waals surface area (Å²) in [6, 6.07) is 11.3. The standard InChI is InChI=1S/C23H28N4O3/c1-29-20-13-15-6-9-25-22(19(15)14-21(20)30-2)27-10-7-18(8-11-27)26-23(28)16-4-3-5-17(24)12-16/h3-5,12-14,18H,6-11,24H2,1-2H3,(H,26,28). The Labute approximate surface area is 176 Å². The second-order valence-electron chi connectivity index (χ2n) is 7.68. The van der Waals surface area contributed by atoms with Gasteiger partial charge in [0, 0.05) is 42.5 Å². The first-order valence-corrected chi connectivity index (χ1v) is 10.3. The van der Waals surface area contributed by atoms with Crippen molar-refractivity contribution in [2.75, 3.05) is 39.6 Å². The lowest BCUT2D eigenvalue weighted by Gasteiger charge is -2.36. The molecule has 1 fully saturated rings. The van der Waals surface area contributed by atoms with Gasteiger partial charge in [-0.15, -0.1) is 0 Å². The minimum Gasteiger partial charge on any atom is -0.493 e. The molecule has 1 amide bonds. The first-order chi connectivity index (χ1) is 14.6. The van der Waals surface area contributed by atoms with E-state index in [1.807, 2.05) is 6.07 Å².